The Labute approximate surface area is 103 Å². The zero-order chi connectivity index (χ0) is 13.6. The number of carbonyl (C=O) groups excluding carboxylic acids is 2. The van der Waals surface area contributed by atoms with Crippen LogP contribution in [0.4, 0.5) is 0 Å². The molecule has 5 N–H and O–H groups in total. The number of rotatable bonds is 7. The third kappa shape index (κ3) is 6.94. The maximum atomic E-state index is 11.7. The van der Waals surface area contributed by atoms with E-state index < -0.39 is 18.0 Å². The van der Waals surface area contributed by atoms with Crippen molar-refractivity contribution in [2.24, 2.45) is 23.3 Å². The lowest BCUT2D eigenvalue weighted by atomic mass is 10.0. The molecule has 5 nitrogen and oxygen atoms in total. The van der Waals surface area contributed by atoms with Crippen molar-refractivity contribution in [2.75, 3.05) is 0 Å². The molecule has 2 amide bonds. The molecule has 0 aromatic carbocycles. The van der Waals surface area contributed by atoms with Gasteiger partial charge in [-0.2, -0.15) is 0 Å². The topological polar surface area (TPSA) is 98.2 Å². The maximum Gasteiger partial charge on any atom is 0.240 e. The number of hydrogen-bond donors (Lipinski definition) is 3. The molecule has 0 bridgehead atoms. The molecular weight excluding hydrogens is 218 g/mol. The van der Waals surface area contributed by atoms with E-state index in [4.69, 9.17) is 11.5 Å². The molecule has 0 aromatic rings. The minimum Gasteiger partial charge on any atom is -0.368 e. The Morgan fingerprint density at radius 1 is 1.06 bits per heavy atom. The van der Waals surface area contributed by atoms with Gasteiger partial charge in [0.2, 0.25) is 11.8 Å². The summed E-state index contributed by atoms with van der Waals surface area (Å²) in [5.74, 6) is -0.186. The molecule has 0 saturated carbocycles. The van der Waals surface area contributed by atoms with E-state index in [9.17, 15) is 9.59 Å². The van der Waals surface area contributed by atoms with Crippen LogP contribution in [0.2, 0.25) is 0 Å². The van der Waals surface area contributed by atoms with Gasteiger partial charge in [0, 0.05) is 0 Å². The van der Waals surface area contributed by atoms with Crippen LogP contribution in [0.15, 0.2) is 0 Å². The molecule has 0 unspecified atom stereocenters. The van der Waals surface area contributed by atoms with Crippen LogP contribution in [-0.4, -0.2) is 23.9 Å². The van der Waals surface area contributed by atoms with Crippen molar-refractivity contribution in [3.05, 3.63) is 0 Å². The molecule has 0 aromatic heterocycles. The van der Waals surface area contributed by atoms with Crippen molar-refractivity contribution in [1.82, 2.24) is 5.32 Å². The fourth-order valence-corrected chi connectivity index (χ4v) is 1.61. The van der Waals surface area contributed by atoms with Crippen molar-refractivity contribution < 1.29 is 9.59 Å². The average molecular weight is 243 g/mol. The number of nitrogens with one attached hydrogen (secondary N) is 1. The highest BCUT2D eigenvalue weighted by Crippen LogP contribution is 2.06. The van der Waals surface area contributed by atoms with Crippen LogP contribution in [0.1, 0.15) is 40.5 Å². The number of carbonyl (C=O) groups is 2. The van der Waals surface area contributed by atoms with Crippen LogP contribution in [0.3, 0.4) is 0 Å². The van der Waals surface area contributed by atoms with Crippen LogP contribution < -0.4 is 16.8 Å². The summed E-state index contributed by atoms with van der Waals surface area (Å²) < 4.78 is 0. The first kappa shape index (κ1) is 15.9. The summed E-state index contributed by atoms with van der Waals surface area (Å²) in [4.78, 5) is 22.9. The van der Waals surface area contributed by atoms with Gasteiger partial charge in [0.05, 0.1) is 6.04 Å². The summed E-state index contributed by atoms with van der Waals surface area (Å²) in [6, 6.07) is -1.20. The molecule has 0 spiro atoms. The predicted molar refractivity (Wildman–Crippen MR) is 68.0 cm³/mol. The van der Waals surface area contributed by atoms with Gasteiger partial charge < -0.3 is 16.8 Å². The first-order valence-corrected chi connectivity index (χ1v) is 6.09. The van der Waals surface area contributed by atoms with Crippen molar-refractivity contribution in [3.63, 3.8) is 0 Å². The highest BCUT2D eigenvalue weighted by molar-refractivity contribution is 5.88. The highest BCUT2D eigenvalue weighted by Gasteiger charge is 2.22. The van der Waals surface area contributed by atoms with Crippen molar-refractivity contribution in [1.29, 1.82) is 0 Å². The van der Waals surface area contributed by atoms with Crippen LogP contribution in [0, 0.1) is 11.8 Å². The lowest BCUT2D eigenvalue weighted by Crippen LogP contribution is -2.51. The summed E-state index contributed by atoms with van der Waals surface area (Å²) in [7, 11) is 0. The minimum atomic E-state index is -0.624. The number of amides is 2. The summed E-state index contributed by atoms with van der Waals surface area (Å²) in [6.45, 7) is 7.92. The molecule has 0 aliphatic rings. The lowest BCUT2D eigenvalue weighted by Gasteiger charge is -2.20. The Balaban J connectivity index is 4.35. The van der Waals surface area contributed by atoms with E-state index in [1.807, 2.05) is 27.7 Å². The smallest absolute Gasteiger partial charge is 0.240 e. The molecular formula is C12H25N3O2. The number of primary amides is 1. The maximum absolute atomic E-state index is 11.7. The molecule has 0 aliphatic heterocycles. The number of nitrogens with two attached hydrogens (primary N) is 2. The Morgan fingerprint density at radius 3 is 1.88 bits per heavy atom. The largest absolute Gasteiger partial charge is 0.368 e. The van der Waals surface area contributed by atoms with Crippen molar-refractivity contribution in [2.45, 2.75) is 52.6 Å². The molecule has 0 radical (unpaired) electrons. The Kier molecular flexibility index (Phi) is 6.80. The SMILES string of the molecule is CC(C)C[C@@H](N)C(=O)N[C@H](CC(C)C)C(N)=O. The summed E-state index contributed by atoms with van der Waals surface area (Å²) in [6.07, 6.45) is 1.13. The van der Waals surface area contributed by atoms with Crippen LogP contribution in [0.5, 0.6) is 0 Å². The van der Waals surface area contributed by atoms with E-state index in [0.29, 0.717) is 18.8 Å². The molecule has 17 heavy (non-hydrogen) atoms. The lowest BCUT2D eigenvalue weighted by molar-refractivity contribution is -0.128. The monoisotopic (exact) mass is 243 g/mol. The van der Waals surface area contributed by atoms with Gasteiger partial charge >= 0.3 is 0 Å². The van der Waals surface area contributed by atoms with Crippen molar-refractivity contribution in [3.8, 4) is 0 Å². The van der Waals surface area contributed by atoms with Gasteiger partial charge in [-0.1, -0.05) is 27.7 Å². The molecule has 0 aliphatic carbocycles. The van der Waals surface area contributed by atoms with E-state index in [-0.39, 0.29) is 11.8 Å². The second-order valence-electron chi connectivity index (χ2n) is 5.33. The summed E-state index contributed by atoms with van der Waals surface area (Å²) in [5.41, 5.74) is 11.0. The molecule has 0 saturated heterocycles. The second kappa shape index (κ2) is 7.27. The first-order chi connectivity index (χ1) is 7.73. The minimum absolute atomic E-state index is 0.286. The zero-order valence-corrected chi connectivity index (χ0v) is 11.2. The fourth-order valence-electron chi connectivity index (χ4n) is 1.61. The van der Waals surface area contributed by atoms with Gasteiger partial charge in [-0.15, -0.1) is 0 Å². The van der Waals surface area contributed by atoms with Gasteiger partial charge in [-0.05, 0) is 24.7 Å². The molecule has 0 fully saturated rings. The van der Waals surface area contributed by atoms with E-state index in [2.05, 4.69) is 5.32 Å². The van der Waals surface area contributed by atoms with E-state index in [0.717, 1.165) is 0 Å². The molecule has 0 rings (SSSR count). The van der Waals surface area contributed by atoms with Crippen LogP contribution in [0.25, 0.3) is 0 Å². The predicted octanol–water partition coefficient (Wildman–Crippen LogP) is 0.376. The Bertz CT molecular complexity index is 264. The molecule has 5 heteroatoms. The standard InChI is InChI=1S/C12H25N3O2/c1-7(2)5-9(13)12(17)15-10(11(14)16)6-8(3)4/h7-10H,5-6,13H2,1-4H3,(H2,14,16)(H,15,17)/t9-,10-/m1/s1. The summed E-state index contributed by atoms with van der Waals surface area (Å²) in [5, 5.41) is 2.61. The average Bonchev–Trinajstić information content (AvgIpc) is 2.14. The van der Waals surface area contributed by atoms with Gasteiger partial charge in [-0.25, -0.2) is 0 Å². The van der Waals surface area contributed by atoms with E-state index in [1.54, 1.807) is 0 Å². The van der Waals surface area contributed by atoms with Gasteiger partial charge in [0.1, 0.15) is 6.04 Å². The molecule has 2 atom stereocenters. The highest BCUT2D eigenvalue weighted by atomic mass is 16.2. The fraction of sp³-hybridized carbons (Fsp3) is 0.833. The van der Waals surface area contributed by atoms with E-state index in [1.165, 1.54) is 0 Å². The normalized spacial score (nSPS) is 14.8. The van der Waals surface area contributed by atoms with Crippen LogP contribution >= 0.6 is 0 Å². The quantitative estimate of drug-likeness (QED) is 0.602. The van der Waals surface area contributed by atoms with E-state index >= 15 is 0 Å². The third-order valence-corrected chi connectivity index (χ3v) is 2.43. The summed E-state index contributed by atoms with van der Waals surface area (Å²) >= 11 is 0. The van der Waals surface area contributed by atoms with Crippen molar-refractivity contribution >= 4 is 11.8 Å². The Hall–Kier alpha value is -1.10. The number of hydrogen-bond acceptors (Lipinski definition) is 3. The second-order valence-corrected chi connectivity index (χ2v) is 5.33. The first-order valence-electron chi connectivity index (χ1n) is 6.09. The van der Waals surface area contributed by atoms with Gasteiger partial charge in [-0.3, -0.25) is 9.59 Å². The molecule has 100 valence electrons. The molecule has 0 heterocycles. The van der Waals surface area contributed by atoms with Crippen LogP contribution in [-0.2, 0) is 9.59 Å². The zero-order valence-electron chi connectivity index (χ0n) is 11.2. The Morgan fingerprint density at radius 2 is 1.53 bits per heavy atom. The third-order valence-electron chi connectivity index (χ3n) is 2.43. The van der Waals surface area contributed by atoms with Gasteiger partial charge in [0.25, 0.3) is 0 Å². The van der Waals surface area contributed by atoms with Gasteiger partial charge in [0.15, 0.2) is 0 Å².